The minimum Gasteiger partial charge on any atom is -0.479 e. The number of hydrogen-bond acceptors (Lipinski definition) is 4. The van der Waals surface area contributed by atoms with Gasteiger partial charge in [-0.05, 0) is 113 Å². The molecule has 0 aliphatic carbocycles. The number of benzene rings is 1. The number of rotatable bonds is 7. The first-order chi connectivity index (χ1) is 16.5. The summed E-state index contributed by atoms with van der Waals surface area (Å²) in [7, 11) is 0. The van der Waals surface area contributed by atoms with Crippen molar-refractivity contribution in [2.45, 2.75) is 72.6 Å². The van der Waals surface area contributed by atoms with Gasteiger partial charge in [-0.1, -0.05) is 12.1 Å². The Kier molecular flexibility index (Phi) is 7.60. The van der Waals surface area contributed by atoms with Crippen LogP contribution in [0.2, 0.25) is 0 Å². The van der Waals surface area contributed by atoms with Gasteiger partial charge in [0.05, 0.1) is 5.60 Å². The molecule has 0 bridgehead atoms. The smallest absolute Gasteiger partial charge is 0.337 e. The quantitative estimate of drug-likeness (QED) is 0.329. The van der Waals surface area contributed by atoms with Crippen molar-refractivity contribution in [3.05, 3.63) is 50.4 Å². The van der Waals surface area contributed by atoms with Crippen LogP contribution >= 0.6 is 22.6 Å². The molecular formula is C28H36IN3O3. The van der Waals surface area contributed by atoms with E-state index in [0.717, 1.165) is 57.5 Å². The molecule has 0 amide bonds. The molecule has 188 valence electrons. The fourth-order valence-electron chi connectivity index (χ4n) is 5.14. The first kappa shape index (κ1) is 26.1. The molecule has 3 heterocycles. The molecule has 1 aliphatic heterocycles. The van der Waals surface area contributed by atoms with Crippen molar-refractivity contribution < 1.29 is 14.6 Å². The lowest BCUT2D eigenvalue weighted by Gasteiger charge is -2.28. The van der Waals surface area contributed by atoms with Crippen LogP contribution in [0.25, 0.3) is 22.2 Å². The molecular weight excluding hydrogens is 553 g/mol. The highest BCUT2D eigenvalue weighted by atomic mass is 127. The minimum atomic E-state index is -1.12. The van der Waals surface area contributed by atoms with E-state index in [2.05, 4.69) is 70.2 Å². The van der Waals surface area contributed by atoms with Crippen molar-refractivity contribution in [1.29, 1.82) is 0 Å². The fourth-order valence-corrected chi connectivity index (χ4v) is 5.50. The average Bonchev–Trinajstić information content (AvgIpc) is 3.37. The largest absolute Gasteiger partial charge is 0.479 e. The number of aromatic nitrogens is 2. The van der Waals surface area contributed by atoms with Crippen molar-refractivity contribution >= 4 is 39.6 Å². The van der Waals surface area contributed by atoms with E-state index in [1.807, 2.05) is 27.7 Å². The van der Waals surface area contributed by atoms with Gasteiger partial charge < -0.3 is 19.3 Å². The summed E-state index contributed by atoms with van der Waals surface area (Å²) < 4.78 is 9.59. The van der Waals surface area contributed by atoms with Crippen LogP contribution < -0.4 is 0 Å². The van der Waals surface area contributed by atoms with E-state index in [4.69, 9.17) is 9.72 Å². The molecule has 0 radical (unpaired) electrons. The number of likely N-dealkylation sites (tertiary alicyclic amines) is 1. The van der Waals surface area contributed by atoms with Gasteiger partial charge in [-0.15, -0.1) is 0 Å². The van der Waals surface area contributed by atoms with Crippen LogP contribution in [0, 0.1) is 24.3 Å². The lowest BCUT2D eigenvalue weighted by atomic mass is 9.91. The monoisotopic (exact) mass is 589 g/mol. The van der Waals surface area contributed by atoms with Gasteiger partial charge >= 0.3 is 5.97 Å². The van der Waals surface area contributed by atoms with Crippen LogP contribution in [0.4, 0.5) is 0 Å². The number of hydrogen-bond donors (Lipinski definition) is 1. The van der Waals surface area contributed by atoms with Crippen molar-refractivity contribution in [3.63, 3.8) is 0 Å². The maximum absolute atomic E-state index is 12.5. The van der Waals surface area contributed by atoms with Gasteiger partial charge in [-0.25, -0.2) is 9.78 Å². The predicted octanol–water partition coefficient (Wildman–Crippen LogP) is 6.27. The van der Waals surface area contributed by atoms with E-state index >= 15 is 0 Å². The number of ether oxygens (including phenoxy) is 1. The van der Waals surface area contributed by atoms with Gasteiger partial charge in [0.25, 0.3) is 0 Å². The Morgan fingerprint density at radius 1 is 1.11 bits per heavy atom. The normalized spacial score (nSPS) is 15.7. The SMILES string of the molecule is Cc1nc2c(c(C)c(C)n2CCN2CCCC2)c(-c2ccc(I)cc2)c1[C@H](OC(C)(C)C)C(=O)O. The molecule has 1 N–H and O–H groups in total. The second-order valence-corrected chi connectivity index (χ2v) is 11.8. The number of aliphatic carboxylic acids is 1. The molecule has 1 aromatic carbocycles. The van der Waals surface area contributed by atoms with Crippen LogP contribution in [0.1, 0.15) is 62.2 Å². The summed E-state index contributed by atoms with van der Waals surface area (Å²) >= 11 is 2.30. The summed E-state index contributed by atoms with van der Waals surface area (Å²) in [5, 5.41) is 11.3. The molecule has 1 aliphatic rings. The third-order valence-corrected chi connectivity index (χ3v) is 7.63. The van der Waals surface area contributed by atoms with Crippen molar-refractivity contribution in [2.24, 2.45) is 0 Å². The molecule has 35 heavy (non-hydrogen) atoms. The molecule has 0 saturated carbocycles. The second kappa shape index (κ2) is 10.2. The Bertz CT molecular complexity index is 1240. The number of carboxylic acids is 1. The Morgan fingerprint density at radius 3 is 2.31 bits per heavy atom. The number of carbonyl (C=O) groups is 1. The van der Waals surface area contributed by atoms with Crippen molar-refractivity contribution in [3.8, 4) is 11.1 Å². The van der Waals surface area contributed by atoms with Gasteiger partial charge in [0.2, 0.25) is 0 Å². The Hall–Kier alpha value is -1.97. The van der Waals surface area contributed by atoms with Gasteiger partial charge in [-0.2, -0.15) is 0 Å². The maximum Gasteiger partial charge on any atom is 0.337 e. The van der Waals surface area contributed by atoms with Crippen molar-refractivity contribution in [2.75, 3.05) is 19.6 Å². The molecule has 1 fully saturated rings. The summed E-state index contributed by atoms with van der Waals surface area (Å²) in [6.45, 7) is 16.0. The number of aryl methyl sites for hydroxylation is 2. The van der Waals surface area contributed by atoms with E-state index in [-0.39, 0.29) is 0 Å². The Balaban J connectivity index is 1.98. The number of pyridine rings is 1. The van der Waals surface area contributed by atoms with Crippen LogP contribution in [0.15, 0.2) is 24.3 Å². The zero-order chi connectivity index (χ0) is 25.5. The third kappa shape index (κ3) is 5.42. The van der Waals surface area contributed by atoms with E-state index in [1.54, 1.807) is 0 Å². The zero-order valence-corrected chi connectivity index (χ0v) is 23.8. The minimum absolute atomic E-state index is 0.625. The molecule has 7 heteroatoms. The van der Waals surface area contributed by atoms with Crippen LogP contribution in [-0.4, -0.2) is 50.8 Å². The van der Waals surface area contributed by atoms with Gasteiger partial charge in [0, 0.05) is 44.6 Å². The van der Waals surface area contributed by atoms with Crippen molar-refractivity contribution in [1.82, 2.24) is 14.5 Å². The van der Waals surface area contributed by atoms with E-state index in [9.17, 15) is 9.90 Å². The van der Waals surface area contributed by atoms with E-state index in [1.165, 1.54) is 18.5 Å². The summed E-state index contributed by atoms with van der Waals surface area (Å²) in [5.74, 6) is -1.00. The molecule has 3 aromatic rings. The number of nitrogens with zero attached hydrogens (tertiary/aromatic N) is 3. The van der Waals surface area contributed by atoms with Gasteiger partial charge in [0.1, 0.15) is 5.65 Å². The van der Waals surface area contributed by atoms with Gasteiger partial charge in [-0.3, -0.25) is 0 Å². The Labute approximate surface area is 221 Å². The molecule has 1 saturated heterocycles. The lowest BCUT2D eigenvalue weighted by molar-refractivity contribution is -0.160. The Morgan fingerprint density at radius 2 is 1.74 bits per heavy atom. The molecule has 2 aromatic heterocycles. The predicted molar refractivity (Wildman–Crippen MR) is 149 cm³/mol. The summed E-state index contributed by atoms with van der Waals surface area (Å²) in [5.41, 5.74) is 5.86. The van der Waals surface area contributed by atoms with E-state index < -0.39 is 17.7 Å². The number of carboxylic acid groups (broad SMARTS) is 1. The van der Waals surface area contributed by atoms with Gasteiger partial charge in [0.15, 0.2) is 6.10 Å². The average molecular weight is 590 g/mol. The third-order valence-electron chi connectivity index (χ3n) is 6.91. The maximum atomic E-state index is 12.5. The summed E-state index contributed by atoms with van der Waals surface area (Å²) in [6.07, 6.45) is 1.42. The number of fused-ring (bicyclic) bond motifs is 1. The highest BCUT2D eigenvalue weighted by Crippen LogP contribution is 2.42. The standard InChI is InChI=1S/C28H36IN3O3/c1-17-19(3)32(16-15-31-13-7-8-14-31)26-22(17)24(20-9-11-21(29)12-10-20)23(18(2)30-26)25(27(33)34)35-28(4,5)6/h9-12,25H,7-8,13-16H2,1-6H3,(H,33,34)/t25-/m0/s1. The highest BCUT2D eigenvalue weighted by molar-refractivity contribution is 14.1. The summed E-state index contributed by atoms with van der Waals surface area (Å²) in [4.78, 5) is 20.1. The van der Waals surface area contributed by atoms with Crippen LogP contribution in [0.5, 0.6) is 0 Å². The number of halogens is 1. The van der Waals surface area contributed by atoms with E-state index in [0.29, 0.717) is 11.3 Å². The second-order valence-electron chi connectivity index (χ2n) is 10.6. The summed E-state index contributed by atoms with van der Waals surface area (Å²) in [6, 6.07) is 8.28. The molecule has 0 spiro atoms. The first-order valence-corrected chi connectivity index (χ1v) is 13.4. The van der Waals surface area contributed by atoms with Crippen LogP contribution in [-0.2, 0) is 16.1 Å². The zero-order valence-electron chi connectivity index (χ0n) is 21.6. The topological polar surface area (TPSA) is 67.6 Å². The lowest BCUT2D eigenvalue weighted by Crippen LogP contribution is -2.28. The fraction of sp³-hybridized carbons (Fsp3) is 0.500. The molecule has 4 rings (SSSR count). The molecule has 6 nitrogen and oxygen atoms in total. The molecule has 1 atom stereocenters. The highest BCUT2D eigenvalue weighted by Gasteiger charge is 2.33. The molecule has 0 unspecified atom stereocenters. The first-order valence-electron chi connectivity index (χ1n) is 12.4. The van der Waals surface area contributed by atoms with Crippen LogP contribution in [0.3, 0.4) is 0 Å².